The lowest BCUT2D eigenvalue weighted by atomic mass is 10.2. The van der Waals surface area contributed by atoms with Crippen molar-refractivity contribution in [2.45, 2.75) is 45.0 Å². The Balaban J connectivity index is 2.85. The third kappa shape index (κ3) is 2.56. The van der Waals surface area contributed by atoms with Crippen molar-refractivity contribution in [1.82, 2.24) is 9.78 Å². The van der Waals surface area contributed by atoms with Crippen molar-refractivity contribution in [3.63, 3.8) is 0 Å². The second kappa shape index (κ2) is 5.43. The van der Waals surface area contributed by atoms with Crippen molar-refractivity contribution < 1.29 is 0 Å². The van der Waals surface area contributed by atoms with Gasteiger partial charge in [-0.05, 0) is 12.8 Å². The quantitative estimate of drug-likeness (QED) is 0.728. The van der Waals surface area contributed by atoms with Gasteiger partial charge in [0, 0.05) is 23.1 Å². The summed E-state index contributed by atoms with van der Waals surface area (Å²) in [5, 5.41) is 5.30. The number of rotatable bonds is 5. The highest BCUT2D eigenvalue weighted by atomic mass is 79.9. The van der Waals surface area contributed by atoms with E-state index in [0.717, 1.165) is 24.7 Å². The molecule has 0 saturated carbocycles. The molecule has 2 nitrogen and oxygen atoms in total. The summed E-state index contributed by atoms with van der Waals surface area (Å²) in [5.41, 5.74) is 2.75. The highest BCUT2D eigenvalue weighted by Crippen LogP contribution is 2.14. The summed E-state index contributed by atoms with van der Waals surface area (Å²) < 4.78 is 2.14. The highest BCUT2D eigenvalue weighted by Gasteiger charge is 2.07. The maximum absolute atomic E-state index is 4.38. The smallest absolute Gasteiger partial charge is 0.0533 e. The standard InChI is InChI=1S/C10H17BrN2/c1-3-5-10-9(7-11)8-12-13(10)6-4-2/h8H,3-7H2,1-2H3. The number of halogens is 1. The summed E-state index contributed by atoms with van der Waals surface area (Å²) in [6.07, 6.45) is 5.46. The van der Waals surface area contributed by atoms with Crippen LogP contribution < -0.4 is 0 Å². The van der Waals surface area contributed by atoms with Crippen molar-refractivity contribution in [2.75, 3.05) is 0 Å². The Morgan fingerprint density at radius 3 is 2.69 bits per heavy atom. The Morgan fingerprint density at radius 1 is 1.38 bits per heavy atom. The predicted molar refractivity (Wildman–Crippen MR) is 59.1 cm³/mol. The molecule has 0 unspecified atom stereocenters. The summed E-state index contributed by atoms with van der Waals surface area (Å²) in [5.74, 6) is 0. The molecule has 0 fully saturated rings. The molecule has 1 rings (SSSR count). The van der Waals surface area contributed by atoms with Crippen LogP contribution in [0, 0.1) is 0 Å². The van der Waals surface area contributed by atoms with E-state index in [1.54, 1.807) is 0 Å². The third-order valence-electron chi connectivity index (χ3n) is 2.10. The fourth-order valence-electron chi connectivity index (χ4n) is 1.49. The summed E-state index contributed by atoms with van der Waals surface area (Å²) in [7, 11) is 0. The van der Waals surface area contributed by atoms with E-state index in [1.165, 1.54) is 17.7 Å². The Hall–Kier alpha value is -0.310. The van der Waals surface area contributed by atoms with E-state index >= 15 is 0 Å². The molecule has 1 aromatic heterocycles. The summed E-state index contributed by atoms with van der Waals surface area (Å²) >= 11 is 3.49. The molecule has 0 saturated heterocycles. The van der Waals surface area contributed by atoms with E-state index in [2.05, 4.69) is 39.6 Å². The Morgan fingerprint density at radius 2 is 2.15 bits per heavy atom. The molecule has 0 aliphatic heterocycles. The van der Waals surface area contributed by atoms with Crippen LogP contribution in [0.2, 0.25) is 0 Å². The van der Waals surface area contributed by atoms with Gasteiger partial charge in [-0.1, -0.05) is 36.2 Å². The van der Waals surface area contributed by atoms with Gasteiger partial charge < -0.3 is 0 Å². The van der Waals surface area contributed by atoms with Gasteiger partial charge in [0.2, 0.25) is 0 Å². The molecule has 0 N–H and O–H groups in total. The molecular formula is C10H17BrN2. The third-order valence-corrected chi connectivity index (χ3v) is 2.71. The lowest BCUT2D eigenvalue weighted by molar-refractivity contribution is 0.569. The molecule has 0 bridgehead atoms. The van der Waals surface area contributed by atoms with Crippen LogP contribution in [0.25, 0.3) is 0 Å². The fourth-order valence-corrected chi connectivity index (χ4v) is 1.96. The molecule has 0 atom stereocenters. The minimum atomic E-state index is 0.923. The molecule has 1 heterocycles. The first-order chi connectivity index (χ1) is 6.33. The first-order valence-electron chi connectivity index (χ1n) is 4.93. The van der Waals surface area contributed by atoms with Gasteiger partial charge in [-0.2, -0.15) is 5.10 Å². The maximum atomic E-state index is 4.38. The molecule has 1 aromatic rings. The van der Waals surface area contributed by atoms with Gasteiger partial charge in [-0.15, -0.1) is 0 Å². The minimum absolute atomic E-state index is 0.923. The van der Waals surface area contributed by atoms with E-state index in [4.69, 9.17) is 0 Å². The van der Waals surface area contributed by atoms with E-state index in [0.29, 0.717) is 0 Å². The predicted octanol–water partition coefficient (Wildman–Crippen LogP) is 3.14. The summed E-state index contributed by atoms with van der Waals surface area (Å²) in [6, 6.07) is 0. The topological polar surface area (TPSA) is 17.8 Å². The molecule has 13 heavy (non-hydrogen) atoms. The van der Waals surface area contributed by atoms with Crippen molar-refractivity contribution in [3.05, 3.63) is 17.5 Å². The zero-order valence-electron chi connectivity index (χ0n) is 8.39. The number of nitrogens with zero attached hydrogens (tertiary/aromatic N) is 2. The molecule has 3 heteroatoms. The largest absolute Gasteiger partial charge is 0.269 e. The molecule has 0 amide bonds. The van der Waals surface area contributed by atoms with Crippen LogP contribution in [0.5, 0.6) is 0 Å². The molecule has 0 spiro atoms. The Labute approximate surface area is 88.5 Å². The van der Waals surface area contributed by atoms with Crippen molar-refractivity contribution in [2.24, 2.45) is 0 Å². The molecule has 0 aromatic carbocycles. The second-order valence-electron chi connectivity index (χ2n) is 3.22. The monoisotopic (exact) mass is 244 g/mol. The van der Waals surface area contributed by atoms with Crippen LogP contribution in [0.3, 0.4) is 0 Å². The highest BCUT2D eigenvalue weighted by molar-refractivity contribution is 9.08. The lowest BCUT2D eigenvalue weighted by Gasteiger charge is -2.06. The molecule has 0 aliphatic carbocycles. The van der Waals surface area contributed by atoms with Gasteiger partial charge in [-0.3, -0.25) is 4.68 Å². The zero-order valence-corrected chi connectivity index (χ0v) is 9.97. The average Bonchev–Trinajstić information content (AvgIpc) is 2.50. The first kappa shape index (κ1) is 10.8. The van der Waals surface area contributed by atoms with Gasteiger partial charge in [-0.25, -0.2) is 0 Å². The van der Waals surface area contributed by atoms with Crippen LogP contribution >= 0.6 is 15.9 Å². The number of alkyl halides is 1. The van der Waals surface area contributed by atoms with Crippen LogP contribution in [-0.2, 0) is 18.3 Å². The summed E-state index contributed by atoms with van der Waals surface area (Å²) in [6.45, 7) is 5.44. The molecule has 0 aliphatic rings. The number of hydrogen-bond donors (Lipinski definition) is 0. The number of aryl methyl sites for hydroxylation is 1. The normalized spacial score (nSPS) is 10.7. The molecule has 74 valence electrons. The Bertz CT molecular complexity index is 255. The van der Waals surface area contributed by atoms with Gasteiger partial charge in [0.1, 0.15) is 0 Å². The maximum Gasteiger partial charge on any atom is 0.0533 e. The Kier molecular flexibility index (Phi) is 4.50. The van der Waals surface area contributed by atoms with Gasteiger partial charge in [0.15, 0.2) is 0 Å². The van der Waals surface area contributed by atoms with Crippen LogP contribution in [0.15, 0.2) is 6.20 Å². The van der Waals surface area contributed by atoms with Gasteiger partial charge in [0.25, 0.3) is 0 Å². The summed E-state index contributed by atoms with van der Waals surface area (Å²) in [4.78, 5) is 0. The second-order valence-corrected chi connectivity index (χ2v) is 3.78. The van der Waals surface area contributed by atoms with Crippen molar-refractivity contribution >= 4 is 15.9 Å². The van der Waals surface area contributed by atoms with Crippen molar-refractivity contribution in [1.29, 1.82) is 0 Å². The fraction of sp³-hybridized carbons (Fsp3) is 0.700. The minimum Gasteiger partial charge on any atom is -0.269 e. The average molecular weight is 245 g/mol. The van der Waals surface area contributed by atoms with E-state index in [1.807, 2.05) is 6.20 Å². The van der Waals surface area contributed by atoms with E-state index in [-0.39, 0.29) is 0 Å². The number of hydrogen-bond acceptors (Lipinski definition) is 1. The first-order valence-corrected chi connectivity index (χ1v) is 6.05. The van der Waals surface area contributed by atoms with Crippen LogP contribution in [0.1, 0.15) is 37.9 Å². The van der Waals surface area contributed by atoms with E-state index < -0.39 is 0 Å². The van der Waals surface area contributed by atoms with Crippen molar-refractivity contribution in [3.8, 4) is 0 Å². The molecular weight excluding hydrogens is 228 g/mol. The van der Waals surface area contributed by atoms with Gasteiger partial charge in [0.05, 0.1) is 6.20 Å². The van der Waals surface area contributed by atoms with Gasteiger partial charge >= 0.3 is 0 Å². The van der Waals surface area contributed by atoms with Crippen LogP contribution in [-0.4, -0.2) is 9.78 Å². The lowest BCUT2D eigenvalue weighted by Crippen LogP contribution is -2.05. The van der Waals surface area contributed by atoms with Crippen LogP contribution in [0.4, 0.5) is 0 Å². The molecule has 0 radical (unpaired) electrons. The SMILES string of the molecule is CCCc1c(CBr)cnn1CCC. The number of aromatic nitrogens is 2. The van der Waals surface area contributed by atoms with E-state index in [9.17, 15) is 0 Å². The zero-order chi connectivity index (χ0) is 9.68.